The number of hydrogen-bond acceptors (Lipinski definition) is 10. The molecule has 1 fully saturated rings. The van der Waals surface area contributed by atoms with Gasteiger partial charge in [-0.05, 0) is 48.1 Å². The van der Waals surface area contributed by atoms with Crippen molar-refractivity contribution in [2.75, 3.05) is 37.3 Å². The molecule has 0 aliphatic carbocycles. The van der Waals surface area contributed by atoms with Gasteiger partial charge in [0, 0.05) is 60.6 Å². The van der Waals surface area contributed by atoms with Gasteiger partial charge in [-0.2, -0.15) is 4.31 Å². The molecule has 0 radical (unpaired) electrons. The number of amides is 4. The summed E-state index contributed by atoms with van der Waals surface area (Å²) in [7, 11) is 1.44. The Bertz CT molecular complexity index is 1520. The van der Waals surface area contributed by atoms with Crippen molar-refractivity contribution in [1.29, 1.82) is 0 Å². The van der Waals surface area contributed by atoms with Gasteiger partial charge in [0.2, 0.25) is 5.91 Å². The Kier molecular flexibility index (Phi) is 13.6. The van der Waals surface area contributed by atoms with Crippen molar-refractivity contribution < 1.29 is 46.9 Å². The molecule has 1 atom stereocenters. The number of hydrogen-bond donors (Lipinski definition) is 1. The smallest absolute Gasteiger partial charge is 0.333 e. The lowest BCUT2D eigenvalue weighted by atomic mass is 9.84. The lowest BCUT2D eigenvalue weighted by Gasteiger charge is -2.35. The first-order valence-corrected chi connectivity index (χ1v) is 16.6. The Balaban J connectivity index is 1.86. The molecule has 3 rings (SSSR count). The molecule has 1 N–H and O–H groups in total. The van der Waals surface area contributed by atoms with Crippen LogP contribution in [0.5, 0.6) is 5.75 Å². The SMILES string of the molecule is CCCC(=O)OCN1C(=O)CCN(c2cc(C(=O)Nc3ccc(CN(COC(=O)CCC)S(=O)[O-])cc3)c(OC)c(C(C)(C)C)c2)C1=O. The topological polar surface area (TPSA) is 175 Å². The van der Waals surface area contributed by atoms with Gasteiger partial charge in [0.25, 0.3) is 5.91 Å². The van der Waals surface area contributed by atoms with Crippen LogP contribution in [0.2, 0.25) is 0 Å². The molecule has 262 valence electrons. The Labute approximate surface area is 283 Å². The number of benzene rings is 2. The van der Waals surface area contributed by atoms with Crippen LogP contribution >= 0.6 is 0 Å². The summed E-state index contributed by atoms with van der Waals surface area (Å²) in [6.07, 6.45) is 1.46. The highest BCUT2D eigenvalue weighted by atomic mass is 32.2. The third-order valence-corrected chi connectivity index (χ3v) is 8.02. The average Bonchev–Trinajstić information content (AvgIpc) is 3.02. The molecule has 2 aromatic carbocycles. The highest BCUT2D eigenvalue weighted by Gasteiger charge is 2.35. The minimum atomic E-state index is -2.64. The molecule has 0 bridgehead atoms. The summed E-state index contributed by atoms with van der Waals surface area (Å²) >= 11 is -2.64. The lowest BCUT2D eigenvalue weighted by molar-refractivity contribution is -0.151. The molecule has 14 nitrogen and oxygen atoms in total. The van der Waals surface area contributed by atoms with E-state index < -0.39 is 59.9 Å². The standard InChI is InChI=1S/C33H44N4O10S/c1-7-9-28(39)46-20-35(48(43)44)19-22-11-13-23(14-12-22)34-31(41)25-17-24(18-26(30(25)45-6)33(3,4)5)36-16-15-27(38)37(32(36)42)21-47-29(40)10-8-2/h11-14,17-18H,7-10,15-16,19-21H2,1-6H3,(H,34,41)(H,43,44)/p-1. The number of ether oxygens (including phenoxy) is 3. The molecule has 1 unspecified atom stereocenters. The number of carbonyl (C=O) groups excluding carboxylic acids is 5. The number of rotatable bonds is 15. The highest BCUT2D eigenvalue weighted by molar-refractivity contribution is 7.76. The second-order valence-corrected chi connectivity index (χ2v) is 13.1. The quantitative estimate of drug-likeness (QED) is 0.158. The number of methoxy groups -OCH3 is 1. The molecule has 0 aromatic heterocycles. The van der Waals surface area contributed by atoms with Crippen LogP contribution < -0.4 is 15.0 Å². The number of imide groups is 1. The largest absolute Gasteiger partial charge is 0.759 e. The van der Waals surface area contributed by atoms with Gasteiger partial charge >= 0.3 is 18.0 Å². The molecule has 4 amide bonds. The van der Waals surface area contributed by atoms with Gasteiger partial charge in [0.1, 0.15) is 5.75 Å². The van der Waals surface area contributed by atoms with Crippen molar-refractivity contribution >= 4 is 52.4 Å². The first kappa shape index (κ1) is 38.1. The zero-order valence-corrected chi connectivity index (χ0v) is 29.0. The van der Waals surface area contributed by atoms with Crippen LogP contribution in [0.4, 0.5) is 16.2 Å². The van der Waals surface area contributed by atoms with E-state index in [0.29, 0.717) is 41.1 Å². The summed E-state index contributed by atoms with van der Waals surface area (Å²) in [5.74, 6) is -1.73. The number of esters is 2. The molecular formula is C33H43N4O10S-. The normalized spacial score (nSPS) is 14.2. The monoisotopic (exact) mass is 687 g/mol. The van der Waals surface area contributed by atoms with Crippen molar-refractivity contribution in [2.45, 2.75) is 78.7 Å². The number of carbonyl (C=O) groups is 5. The fourth-order valence-corrected chi connectivity index (χ4v) is 5.24. The maximum atomic E-state index is 13.7. The molecule has 15 heteroatoms. The first-order valence-electron chi connectivity index (χ1n) is 15.6. The van der Waals surface area contributed by atoms with Crippen molar-refractivity contribution in [3.05, 3.63) is 53.1 Å². The predicted octanol–water partition coefficient (Wildman–Crippen LogP) is 4.60. The fourth-order valence-electron chi connectivity index (χ4n) is 4.84. The highest BCUT2D eigenvalue weighted by Crippen LogP contribution is 2.39. The Hall–Kier alpha value is -4.34. The molecule has 48 heavy (non-hydrogen) atoms. The minimum Gasteiger partial charge on any atom is -0.759 e. The van der Waals surface area contributed by atoms with Gasteiger partial charge in [-0.3, -0.25) is 28.3 Å². The van der Waals surface area contributed by atoms with Crippen molar-refractivity contribution in [3.8, 4) is 5.75 Å². The van der Waals surface area contributed by atoms with Crippen LogP contribution in [0.1, 0.15) is 88.2 Å². The van der Waals surface area contributed by atoms with Gasteiger partial charge in [-0.25, -0.2) is 9.69 Å². The van der Waals surface area contributed by atoms with Crippen molar-refractivity contribution in [3.63, 3.8) is 0 Å². The number of nitrogens with zero attached hydrogens (tertiary/aromatic N) is 3. The van der Waals surface area contributed by atoms with Gasteiger partial charge in [0.05, 0.1) is 12.7 Å². The third-order valence-electron chi connectivity index (χ3n) is 7.37. The average molecular weight is 688 g/mol. The molecule has 1 aliphatic heterocycles. The maximum Gasteiger partial charge on any atom is 0.333 e. The third kappa shape index (κ3) is 10.1. The van der Waals surface area contributed by atoms with E-state index in [4.69, 9.17) is 14.2 Å². The second-order valence-electron chi connectivity index (χ2n) is 12.1. The predicted molar refractivity (Wildman–Crippen MR) is 176 cm³/mol. The summed E-state index contributed by atoms with van der Waals surface area (Å²) in [4.78, 5) is 65.7. The van der Waals surface area contributed by atoms with Crippen LogP contribution in [0.3, 0.4) is 0 Å². The van der Waals surface area contributed by atoms with Gasteiger partial charge in [-0.15, -0.1) is 0 Å². The van der Waals surface area contributed by atoms with Gasteiger partial charge in [0.15, 0.2) is 13.5 Å². The summed E-state index contributed by atoms with van der Waals surface area (Å²) in [6, 6.07) is 9.02. The second kappa shape index (κ2) is 17.2. The molecule has 1 saturated heterocycles. The van der Waals surface area contributed by atoms with E-state index in [0.717, 1.165) is 9.21 Å². The maximum absolute atomic E-state index is 13.7. The van der Waals surface area contributed by atoms with E-state index >= 15 is 0 Å². The van der Waals surface area contributed by atoms with Crippen molar-refractivity contribution in [2.24, 2.45) is 0 Å². The molecular weight excluding hydrogens is 644 g/mol. The Morgan fingerprint density at radius 3 is 2.19 bits per heavy atom. The lowest BCUT2D eigenvalue weighted by Crippen LogP contribution is -2.53. The van der Waals surface area contributed by atoms with E-state index in [1.165, 1.54) is 18.1 Å². The van der Waals surface area contributed by atoms with E-state index in [-0.39, 0.29) is 37.9 Å². The molecule has 2 aromatic rings. The summed E-state index contributed by atoms with van der Waals surface area (Å²) in [6.45, 7) is 8.47. The Morgan fingerprint density at radius 2 is 1.62 bits per heavy atom. The van der Waals surface area contributed by atoms with Crippen LogP contribution in [-0.2, 0) is 47.1 Å². The summed E-state index contributed by atoms with van der Waals surface area (Å²) in [5.41, 5.74) is 1.59. The molecule has 0 spiro atoms. The minimum absolute atomic E-state index is 0.0135. The molecule has 1 heterocycles. The summed E-state index contributed by atoms with van der Waals surface area (Å²) < 4.78 is 40.2. The van der Waals surface area contributed by atoms with Crippen LogP contribution in [0.15, 0.2) is 36.4 Å². The number of anilines is 2. The van der Waals surface area contributed by atoms with Gasteiger partial charge < -0.3 is 24.1 Å². The van der Waals surface area contributed by atoms with E-state index in [2.05, 4.69) is 5.32 Å². The van der Waals surface area contributed by atoms with Crippen LogP contribution in [-0.4, -0.2) is 74.9 Å². The van der Waals surface area contributed by atoms with Gasteiger partial charge in [-0.1, -0.05) is 46.8 Å². The summed E-state index contributed by atoms with van der Waals surface area (Å²) in [5, 5.41) is 2.82. The van der Waals surface area contributed by atoms with Crippen LogP contribution in [0.25, 0.3) is 0 Å². The Morgan fingerprint density at radius 1 is 1.00 bits per heavy atom. The number of nitrogens with one attached hydrogen (secondary N) is 1. The fraction of sp³-hybridized carbons (Fsp3) is 0.485. The zero-order chi connectivity index (χ0) is 35.6. The van der Waals surface area contributed by atoms with E-state index in [9.17, 15) is 32.7 Å². The molecule has 1 aliphatic rings. The van der Waals surface area contributed by atoms with E-state index in [1.807, 2.05) is 34.6 Å². The first-order chi connectivity index (χ1) is 22.7. The molecule has 0 saturated carbocycles. The van der Waals surface area contributed by atoms with Crippen LogP contribution in [0, 0.1) is 0 Å². The van der Waals surface area contributed by atoms with E-state index in [1.54, 1.807) is 30.3 Å². The van der Waals surface area contributed by atoms with Crippen molar-refractivity contribution in [1.82, 2.24) is 9.21 Å². The zero-order valence-electron chi connectivity index (χ0n) is 28.2. The number of urea groups is 1.